The zero-order valence-corrected chi connectivity index (χ0v) is 16.3. The first-order chi connectivity index (χ1) is 13.6. The van der Waals surface area contributed by atoms with Crippen LogP contribution < -0.4 is 5.73 Å². The predicted octanol–water partition coefficient (Wildman–Crippen LogP) is 5.74. The topological polar surface area (TPSA) is 26.0 Å². The van der Waals surface area contributed by atoms with E-state index in [1.165, 1.54) is 22.3 Å². The Balaban J connectivity index is 1.82. The standard InChI is InChI=1S/C27H23N/c1-4-19-11-15-23-24-16-12-21(8-7-20-9-13-22(28)14-10-20)18-26(24)27(5-2,6-3)25(23)17-19/h1,9-18H,5-6,28H2,2-3H3. The number of hydrogen-bond donors (Lipinski definition) is 1. The monoisotopic (exact) mass is 361 g/mol. The minimum absolute atomic E-state index is 0.00356. The molecule has 0 radical (unpaired) electrons. The fraction of sp³-hybridized carbons (Fsp3) is 0.185. The van der Waals surface area contributed by atoms with Crippen LogP contribution in [0.2, 0.25) is 0 Å². The molecule has 3 aromatic rings. The van der Waals surface area contributed by atoms with Gasteiger partial charge in [-0.2, -0.15) is 0 Å². The molecule has 0 saturated carbocycles. The minimum Gasteiger partial charge on any atom is -0.399 e. The van der Waals surface area contributed by atoms with Gasteiger partial charge in [0.05, 0.1) is 0 Å². The van der Waals surface area contributed by atoms with Crippen molar-refractivity contribution in [3.63, 3.8) is 0 Å². The second-order valence-corrected chi connectivity index (χ2v) is 7.33. The fourth-order valence-electron chi connectivity index (χ4n) is 4.39. The zero-order valence-electron chi connectivity index (χ0n) is 16.3. The van der Waals surface area contributed by atoms with E-state index in [2.05, 4.69) is 61.9 Å². The van der Waals surface area contributed by atoms with Crippen LogP contribution in [-0.2, 0) is 5.41 Å². The number of fused-ring (bicyclic) bond motifs is 3. The van der Waals surface area contributed by atoms with Gasteiger partial charge in [-0.15, -0.1) is 6.42 Å². The normalized spacial score (nSPS) is 13.0. The van der Waals surface area contributed by atoms with Gasteiger partial charge in [0.25, 0.3) is 0 Å². The van der Waals surface area contributed by atoms with Crippen LogP contribution in [0.3, 0.4) is 0 Å². The van der Waals surface area contributed by atoms with Crippen molar-refractivity contribution in [2.45, 2.75) is 32.1 Å². The molecule has 1 heteroatoms. The van der Waals surface area contributed by atoms with Crippen LogP contribution in [0.15, 0.2) is 60.7 Å². The van der Waals surface area contributed by atoms with Gasteiger partial charge >= 0.3 is 0 Å². The number of benzene rings is 3. The molecule has 0 atom stereocenters. The van der Waals surface area contributed by atoms with E-state index in [0.717, 1.165) is 35.2 Å². The highest BCUT2D eigenvalue weighted by Crippen LogP contribution is 2.52. The summed E-state index contributed by atoms with van der Waals surface area (Å²) in [6, 6.07) is 20.7. The van der Waals surface area contributed by atoms with Gasteiger partial charge in [-0.3, -0.25) is 0 Å². The summed E-state index contributed by atoms with van der Waals surface area (Å²) in [5.41, 5.74) is 14.8. The number of nitrogens with two attached hydrogens (primary N) is 1. The Labute approximate surface area is 167 Å². The Hall–Kier alpha value is -3.42. The first-order valence-corrected chi connectivity index (χ1v) is 9.75. The molecule has 4 rings (SSSR count). The molecule has 1 aliphatic rings. The molecule has 0 heterocycles. The molecule has 0 amide bonds. The van der Waals surface area contributed by atoms with E-state index in [1.54, 1.807) is 0 Å². The largest absolute Gasteiger partial charge is 0.399 e. The summed E-state index contributed by atoms with van der Waals surface area (Å²) in [6.45, 7) is 4.52. The molecule has 1 aliphatic carbocycles. The van der Waals surface area contributed by atoms with Crippen LogP contribution in [-0.4, -0.2) is 0 Å². The van der Waals surface area contributed by atoms with Crippen LogP contribution in [0.25, 0.3) is 11.1 Å². The third-order valence-electron chi connectivity index (χ3n) is 6.00. The maximum Gasteiger partial charge on any atom is 0.0314 e. The molecular formula is C27H23N. The van der Waals surface area contributed by atoms with Crippen molar-refractivity contribution < 1.29 is 0 Å². The summed E-state index contributed by atoms with van der Waals surface area (Å²) >= 11 is 0. The maximum absolute atomic E-state index is 5.76. The number of hydrogen-bond acceptors (Lipinski definition) is 1. The van der Waals surface area contributed by atoms with Gasteiger partial charge < -0.3 is 5.73 Å². The van der Waals surface area contributed by atoms with E-state index < -0.39 is 0 Å². The van der Waals surface area contributed by atoms with Gasteiger partial charge in [-0.1, -0.05) is 43.7 Å². The third kappa shape index (κ3) is 2.77. The van der Waals surface area contributed by atoms with Crippen LogP contribution >= 0.6 is 0 Å². The first-order valence-electron chi connectivity index (χ1n) is 9.75. The molecule has 2 N–H and O–H groups in total. The van der Waals surface area contributed by atoms with E-state index in [1.807, 2.05) is 30.3 Å². The second kappa shape index (κ2) is 6.95. The van der Waals surface area contributed by atoms with Gasteiger partial charge in [-0.25, -0.2) is 0 Å². The molecule has 0 unspecified atom stereocenters. The average Bonchev–Trinajstić information content (AvgIpc) is 3.02. The smallest absolute Gasteiger partial charge is 0.0314 e. The summed E-state index contributed by atoms with van der Waals surface area (Å²) < 4.78 is 0. The Morgan fingerprint density at radius 2 is 1.25 bits per heavy atom. The summed E-state index contributed by atoms with van der Waals surface area (Å²) in [7, 11) is 0. The third-order valence-corrected chi connectivity index (χ3v) is 6.00. The fourth-order valence-corrected chi connectivity index (χ4v) is 4.39. The van der Waals surface area contributed by atoms with E-state index in [-0.39, 0.29) is 5.41 Å². The summed E-state index contributed by atoms with van der Waals surface area (Å²) in [6.07, 6.45) is 7.74. The van der Waals surface area contributed by atoms with Crippen molar-refractivity contribution in [2.24, 2.45) is 0 Å². The number of anilines is 1. The van der Waals surface area contributed by atoms with Crippen LogP contribution in [0.5, 0.6) is 0 Å². The van der Waals surface area contributed by atoms with Crippen LogP contribution in [0, 0.1) is 24.2 Å². The lowest BCUT2D eigenvalue weighted by Gasteiger charge is -2.29. The summed E-state index contributed by atoms with van der Waals surface area (Å²) in [4.78, 5) is 0. The van der Waals surface area contributed by atoms with E-state index in [0.29, 0.717) is 0 Å². The molecular weight excluding hydrogens is 338 g/mol. The van der Waals surface area contributed by atoms with Gasteiger partial charge in [0.2, 0.25) is 0 Å². The molecule has 3 aromatic carbocycles. The van der Waals surface area contributed by atoms with Crippen molar-refractivity contribution in [1.82, 2.24) is 0 Å². The molecule has 0 saturated heterocycles. The Kier molecular flexibility index (Phi) is 4.46. The Morgan fingerprint density at radius 1 is 0.750 bits per heavy atom. The van der Waals surface area contributed by atoms with Crippen LogP contribution in [0.1, 0.15) is 54.5 Å². The van der Waals surface area contributed by atoms with Crippen molar-refractivity contribution in [3.8, 4) is 35.3 Å². The Morgan fingerprint density at radius 3 is 1.82 bits per heavy atom. The lowest BCUT2D eigenvalue weighted by atomic mass is 9.73. The predicted molar refractivity (Wildman–Crippen MR) is 118 cm³/mol. The van der Waals surface area contributed by atoms with Gasteiger partial charge in [0, 0.05) is 27.8 Å². The van der Waals surface area contributed by atoms with Gasteiger partial charge in [0.15, 0.2) is 0 Å². The quantitative estimate of drug-likeness (QED) is 0.457. The molecule has 136 valence electrons. The lowest BCUT2D eigenvalue weighted by molar-refractivity contribution is 0.490. The molecule has 0 aromatic heterocycles. The highest BCUT2D eigenvalue weighted by Gasteiger charge is 2.40. The van der Waals surface area contributed by atoms with Gasteiger partial charge in [0.1, 0.15) is 0 Å². The maximum atomic E-state index is 5.76. The Bertz CT molecular complexity index is 1140. The molecule has 0 bridgehead atoms. The number of terminal acetylenes is 1. The highest BCUT2D eigenvalue weighted by molar-refractivity contribution is 5.82. The second-order valence-electron chi connectivity index (χ2n) is 7.33. The summed E-state index contributed by atoms with van der Waals surface area (Å²) in [5, 5.41) is 0. The average molecular weight is 361 g/mol. The zero-order chi connectivity index (χ0) is 19.7. The molecule has 0 fully saturated rings. The van der Waals surface area contributed by atoms with Crippen molar-refractivity contribution in [2.75, 3.05) is 5.73 Å². The summed E-state index contributed by atoms with van der Waals surface area (Å²) in [5.74, 6) is 9.36. The van der Waals surface area contributed by atoms with Crippen molar-refractivity contribution in [1.29, 1.82) is 0 Å². The number of nitrogen functional groups attached to an aromatic ring is 1. The van der Waals surface area contributed by atoms with Gasteiger partial charge in [-0.05, 0) is 83.6 Å². The molecule has 1 nitrogen and oxygen atoms in total. The van der Waals surface area contributed by atoms with Crippen molar-refractivity contribution in [3.05, 3.63) is 88.5 Å². The van der Waals surface area contributed by atoms with E-state index in [4.69, 9.17) is 12.2 Å². The number of rotatable bonds is 2. The van der Waals surface area contributed by atoms with Crippen molar-refractivity contribution >= 4 is 5.69 Å². The molecule has 28 heavy (non-hydrogen) atoms. The molecule has 0 aliphatic heterocycles. The SMILES string of the molecule is C#Cc1ccc2c(c1)C(CC)(CC)c1cc(C#Cc3ccc(N)cc3)ccc1-2. The van der Waals surface area contributed by atoms with Crippen LogP contribution in [0.4, 0.5) is 5.69 Å². The first kappa shape index (κ1) is 18.0. The highest BCUT2D eigenvalue weighted by atomic mass is 14.5. The minimum atomic E-state index is -0.00356. The van der Waals surface area contributed by atoms with E-state index in [9.17, 15) is 0 Å². The lowest BCUT2D eigenvalue weighted by Crippen LogP contribution is -2.23. The molecule has 0 spiro atoms. The van der Waals surface area contributed by atoms with E-state index >= 15 is 0 Å².